The van der Waals surface area contributed by atoms with Gasteiger partial charge in [0.05, 0.1) is 18.4 Å². The molecule has 6 heteroatoms. The highest BCUT2D eigenvalue weighted by Crippen LogP contribution is 2.40. The molecule has 1 fully saturated rings. The Morgan fingerprint density at radius 2 is 1.89 bits per heavy atom. The van der Waals surface area contributed by atoms with Crippen molar-refractivity contribution in [3.8, 4) is 17.0 Å². The molecule has 2 heterocycles. The van der Waals surface area contributed by atoms with E-state index in [1.165, 1.54) is 12.8 Å². The molecule has 1 aliphatic carbocycles. The van der Waals surface area contributed by atoms with Gasteiger partial charge in [-0.15, -0.1) is 0 Å². The van der Waals surface area contributed by atoms with Crippen molar-refractivity contribution in [1.82, 2.24) is 15.1 Å². The summed E-state index contributed by atoms with van der Waals surface area (Å²) in [5.41, 5.74) is 2.71. The van der Waals surface area contributed by atoms with Gasteiger partial charge in [-0.05, 0) is 31.0 Å². The van der Waals surface area contributed by atoms with Gasteiger partial charge in [0.25, 0.3) is 0 Å². The third-order valence-corrected chi connectivity index (χ3v) is 5.83. The fraction of sp³-hybridized carbons (Fsp3) is 0.227. The lowest BCUT2D eigenvalue weighted by molar-refractivity contribution is 0.395. The molecule has 0 aliphatic heterocycles. The molecule has 0 atom stereocenters. The Kier molecular flexibility index (Phi) is 4.49. The van der Waals surface area contributed by atoms with E-state index in [-0.39, 0.29) is 0 Å². The Hall–Kier alpha value is -2.86. The maximum Gasteiger partial charge on any atom is 0.147 e. The van der Waals surface area contributed by atoms with Crippen LogP contribution in [0.3, 0.4) is 0 Å². The van der Waals surface area contributed by atoms with Crippen LogP contribution in [-0.4, -0.2) is 22.2 Å². The van der Waals surface area contributed by atoms with E-state index in [2.05, 4.69) is 17.3 Å². The largest absolute Gasteiger partial charge is 0.496 e. The van der Waals surface area contributed by atoms with E-state index in [0.717, 1.165) is 44.5 Å². The number of benzene rings is 2. The molecular weight excluding hydrogens is 370 g/mol. The van der Waals surface area contributed by atoms with E-state index < -0.39 is 0 Å². The van der Waals surface area contributed by atoms with E-state index in [1.807, 2.05) is 42.5 Å². The van der Waals surface area contributed by atoms with E-state index in [1.54, 1.807) is 18.9 Å². The molecule has 5 nitrogen and oxygen atoms in total. The number of hydrogen-bond acceptors (Lipinski definition) is 6. The summed E-state index contributed by atoms with van der Waals surface area (Å²) in [4.78, 5) is 9.58. The van der Waals surface area contributed by atoms with Gasteiger partial charge in [0.15, 0.2) is 0 Å². The molecule has 4 aromatic rings. The molecule has 5 rings (SSSR count). The van der Waals surface area contributed by atoms with E-state index >= 15 is 0 Å². The van der Waals surface area contributed by atoms with Crippen LogP contribution in [-0.2, 0) is 5.75 Å². The average Bonchev–Trinajstić information content (AvgIpc) is 3.50. The highest BCUT2D eigenvalue weighted by atomic mass is 32.2. The molecule has 2 aromatic heterocycles. The first-order valence-electron chi connectivity index (χ1n) is 9.30. The van der Waals surface area contributed by atoms with E-state index in [0.29, 0.717) is 11.7 Å². The molecule has 0 saturated heterocycles. The minimum atomic E-state index is 0.520. The Morgan fingerprint density at radius 3 is 2.75 bits per heavy atom. The first kappa shape index (κ1) is 17.3. The summed E-state index contributed by atoms with van der Waals surface area (Å²) in [6.07, 6.45) is 2.37. The zero-order valence-electron chi connectivity index (χ0n) is 15.5. The van der Waals surface area contributed by atoms with Crippen LogP contribution < -0.4 is 4.74 Å². The van der Waals surface area contributed by atoms with Gasteiger partial charge in [-0.2, -0.15) is 0 Å². The number of methoxy groups -OCH3 is 1. The number of nitrogens with zero attached hydrogens (tertiary/aromatic N) is 3. The van der Waals surface area contributed by atoms with Crippen molar-refractivity contribution in [3.05, 3.63) is 66.2 Å². The minimum absolute atomic E-state index is 0.520. The van der Waals surface area contributed by atoms with E-state index in [4.69, 9.17) is 19.2 Å². The summed E-state index contributed by atoms with van der Waals surface area (Å²) >= 11 is 1.66. The number of rotatable bonds is 6. The van der Waals surface area contributed by atoms with Crippen LogP contribution in [0.5, 0.6) is 5.75 Å². The number of para-hydroxylation sites is 2. The van der Waals surface area contributed by atoms with Crippen LogP contribution >= 0.6 is 11.8 Å². The number of thioether (sulfide) groups is 1. The molecule has 0 spiro atoms. The molecule has 1 saturated carbocycles. The molecular formula is C22H19N3O2S. The minimum Gasteiger partial charge on any atom is -0.496 e. The Labute approximate surface area is 167 Å². The Balaban J connectivity index is 1.41. The van der Waals surface area contributed by atoms with Crippen LogP contribution in [0.2, 0.25) is 0 Å². The van der Waals surface area contributed by atoms with Crippen molar-refractivity contribution in [3.63, 3.8) is 0 Å². The van der Waals surface area contributed by atoms with Crippen LogP contribution in [0.15, 0.2) is 64.1 Å². The summed E-state index contributed by atoms with van der Waals surface area (Å²) in [5.74, 6) is 3.74. The first-order chi connectivity index (χ1) is 13.8. The summed E-state index contributed by atoms with van der Waals surface area (Å²) in [5, 5.41) is 6.31. The molecule has 1 aliphatic rings. The normalized spacial score (nSPS) is 13.8. The number of hydrogen-bond donors (Lipinski definition) is 0. The van der Waals surface area contributed by atoms with Gasteiger partial charge in [0.1, 0.15) is 28.1 Å². The predicted octanol–water partition coefficient (Wildman–Crippen LogP) is 5.46. The first-order valence-corrected chi connectivity index (χ1v) is 10.3. The van der Waals surface area contributed by atoms with Crippen molar-refractivity contribution in [1.29, 1.82) is 0 Å². The third-order valence-electron chi connectivity index (χ3n) is 4.82. The lowest BCUT2D eigenvalue weighted by atomic mass is 10.1. The summed E-state index contributed by atoms with van der Waals surface area (Å²) in [6, 6.07) is 18.0. The monoisotopic (exact) mass is 389 g/mol. The number of aromatic nitrogens is 3. The highest BCUT2D eigenvalue weighted by molar-refractivity contribution is 7.98. The molecule has 28 heavy (non-hydrogen) atoms. The van der Waals surface area contributed by atoms with Gasteiger partial charge in [-0.25, -0.2) is 9.97 Å². The van der Waals surface area contributed by atoms with Gasteiger partial charge in [-0.3, -0.25) is 0 Å². The zero-order valence-corrected chi connectivity index (χ0v) is 16.3. The molecule has 2 aromatic carbocycles. The second-order valence-electron chi connectivity index (χ2n) is 6.85. The van der Waals surface area contributed by atoms with Crippen molar-refractivity contribution in [2.45, 2.75) is 29.5 Å². The molecule has 0 amide bonds. The van der Waals surface area contributed by atoms with Gasteiger partial charge in [-0.1, -0.05) is 47.3 Å². The number of ether oxygens (including phenoxy) is 1. The number of fused-ring (bicyclic) bond motifs is 1. The maximum absolute atomic E-state index is 5.57. The SMILES string of the molecule is COc1ccccc1-c1cc(CSc2nc(C3CC3)nc3ccccc23)on1. The lowest BCUT2D eigenvalue weighted by Gasteiger charge is -2.07. The molecule has 0 bridgehead atoms. The fourth-order valence-corrected chi connectivity index (χ4v) is 4.10. The van der Waals surface area contributed by atoms with Crippen molar-refractivity contribution >= 4 is 22.7 Å². The second kappa shape index (κ2) is 7.28. The van der Waals surface area contributed by atoms with Gasteiger partial charge >= 0.3 is 0 Å². The van der Waals surface area contributed by atoms with E-state index in [9.17, 15) is 0 Å². The van der Waals surface area contributed by atoms with Crippen LogP contribution in [0.4, 0.5) is 0 Å². The third kappa shape index (κ3) is 3.36. The van der Waals surface area contributed by atoms with Gasteiger partial charge < -0.3 is 9.26 Å². The van der Waals surface area contributed by atoms with Crippen molar-refractivity contribution < 1.29 is 9.26 Å². The van der Waals surface area contributed by atoms with Crippen molar-refractivity contribution in [2.24, 2.45) is 0 Å². The average molecular weight is 389 g/mol. The molecule has 0 N–H and O–H groups in total. The van der Waals surface area contributed by atoms with Crippen LogP contribution in [0, 0.1) is 0 Å². The lowest BCUT2D eigenvalue weighted by Crippen LogP contribution is -1.96. The predicted molar refractivity (Wildman–Crippen MR) is 110 cm³/mol. The second-order valence-corrected chi connectivity index (χ2v) is 7.81. The van der Waals surface area contributed by atoms with Crippen molar-refractivity contribution in [2.75, 3.05) is 7.11 Å². The van der Waals surface area contributed by atoms with Crippen LogP contribution in [0.25, 0.3) is 22.2 Å². The molecule has 0 unspecified atom stereocenters. The Bertz CT molecular complexity index is 1140. The van der Waals surface area contributed by atoms with Crippen LogP contribution in [0.1, 0.15) is 30.3 Å². The summed E-state index contributed by atoms with van der Waals surface area (Å²) in [6.45, 7) is 0. The fourth-order valence-electron chi connectivity index (χ4n) is 3.20. The highest BCUT2D eigenvalue weighted by Gasteiger charge is 2.27. The maximum atomic E-state index is 5.57. The smallest absolute Gasteiger partial charge is 0.147 e. The Morgan fingerprint density at radius 1 is 1.07 bits per heavy atom. The molecule has 140 valence electrons. The van der Waals surface area contributed by atoms with Gasteiger partial charge in [0.2, 0.25) is 0 Å². The topological polar surface area (TPSA) is 61.0 Å². The summed E-state index contributed by atoms with van der Waals surface area (Å²) in [7, 11) is 1.66. The standard InChI is InChI=1S/C22H19N3O2S/c1-26-20-9-5-3-6-16(20)19-12-15(27-25-19)13-28-22-17-7-2-4-8-18(17)23-21(24-22)14-10-11-14/h2-9,12,14H,10-11,13H2,1H3. The zero-order chi connectivity index (χ0) is 18.9. The quantitative estimate of drug-likeness (QED) is 0.322. The summed E-state index contributed by atoms with van der Waals surface area (Å²) < 4.78 is 11.0. The van der Waals surface area contributed by atoms with Gasteiger partial charge in [0, 0.05) is 22.9 Å². The molecule has 0 radical (unpaired) electrons.